The quantitative estimate of drug-likeness (QED) is 0.875. The number of rotatable bonds is 5. The Labute approximate surface area is 106 Å². The molecule has 1 aromatic carbocycles. The summed E-state index contributed by atoms with van der Waals surface area (Å²) in [5.41, 5.74) is 6.86. The van der Waals surface area contributed by atoms with Gasteiger partial charge in [0.05, 0.1) is 13.2 Å². The van der Waals surface area contributed by atoms with Crippen LogP contribution in [0.3, 0.4) is 0 Å². The minimum Gasteiger partial charge on any atom is -0.496 e. The molecule has 2 rings (SSSR count). The van der Waals surface area contributed by atoms with E-state index in [0.717, 1.165) is 17.7 Å². The first kappa shape index (κ1) is 12.6. The van der Waals surface area contributed by atoms with Gasteiger partial charge in [-0.2, -0.15) is 4.98 Å². The van der Waals surface area contributed by atoms with E-state index in [9.17, 15) is 0 Å². The number of nitrogens with zero attached hydrogens (tertiary/aromatic N) is 2. The Bertz CT molecular complexity index is 510. The number of benzene rings is 1. The maximum Gasteiger partial charge on any atom is 0.243 e. The molecule has 0 spiro atoms. The Hall–Kier alpha value is -1.88. The van der Waals surface area contributed by atoms with Gasteiger partial charge in [-0.1, -0.05) is 30.3 Å². The van der Waals surface area contributed by atoms with Crippen LogP contribution in [0.5, 0.6) is 5.75 Å². The summed E-state index contributed by atoms with van der Waals surface area (Å²) in [4.78, 5) is 4.29. The lowest BCUT2D eigenvalue weighted by Gasteiger charge is -2.05. The first-order chi connectivity index (χ1) is 8.74. The molecule has 5 heteroatoms. The van der Waals surface area contributed by atoms with Gasteiger partial charge in [-0.25, -0.2) is 0 Å². The van der Waals surface area contributed by atoms with Crippen molar-refractivity contribution in [2.75, 3.05) is 7.11 Å². The van der Waals surface area contributed by atoms with Crippen LogP contribution in [0.2, 0.25) is 0 Å². The molecule has 2 N–H and O–H groups in total. The number of ether oxygens (including phenoxy) is 1. The van der Waals surface area contributed by atoms with Crippen molar-refractivity contribution in [1.82, 2.24) is 10.1 Å². The summed E-state index contributed by atoms with van der Waals surface area (Å²) >= 11 is 0. The summed E-state index contributed by atoms with van der Waals surface area (Å²) < 4.78 is 10.4. The zero-order valence-electron chi connectivity index (χ0n) is 10.6. The van der Waals surface area contributed by atoms with Crippen LogP contribution in [0.1, 0.15) is 36.7 Å². The highest BCUT2D eigenvalue weighted by Crippen LogP contribution is 2.20. The van der Waals surface area contributed by atoms with Crippen LogP contribution in [-0.4, -0.2) is 17.3 Å². The van der Waals surface area contributed by atoms with E-state index in [2.05, 4.69) is 10.1 Å². The highest BCUT2D eigenvalue weighted by Gasteiger charge is 2.14. The lowest BCUT2D eigenvalue weighted by atomic mass is 10.1. The van der Waals surface area contributed by atoms with E-state index < -0.39 is 0 Å². The Morgan fingerprint density at radius 2 is 2.17 bits per heavy atom. The van der Waals surface area contributed by atoms with E-state index in [1.165, 1.54) is 0 Å². The lowest BCUT2D eigenvalue weighted by molar-refractivity contribution is 0.348. The second kappa shape index (κ2) is 5.64. The number of methoxy groups -OCH3 is 1. The smallest absolute Gasteiger partial charge is 0.243 e. The van der Waals surface area contributed by atoms with Crippen molar-refractivity contribution in [3.05, 3.63) is 41.5 Å². The predicted octanol–water partition coefficient (Wildman–Crippen LogP) is 2.08. The molecule has 5 nitrogen and oxygen atoms in total. The molecule has 1 aromatic heterocycles. The molecule has 1 heterocycles. The molecule has 0 saturated heterocycles. The fourth-order valence-corrected chi connectivity index (χ4v) is 1.68. The van der Waals surface area contributed by atoms with Crippen molar-refractivity contribution < 1.29 is 9.26 Å². The largest absolute Gasteiger partial charge is 0.496 e. The van der Waals surface area contributed by atoms with Crippen molar-refractivity contribution in [3.8, 4) is 5.75 Å². The van der Waals surface area contributed by atoms with Gasteiger partial charge in [0.25, 0.3) is 0 Å². The fraction of sp³-hybridized carbons (Fsp3) is 0.385. The number of hydrogen-bond donors (Lipinski definition) is 1. The molecule has 1 atom stereocenters. The molecule has 0 bridgehead atoms. The molecule has 0 fully saturated rings. The van der Waals surface area contributed by atoms with Gasteiger partial charge in [-0.05, 0) is 12.5 Å². The minimum atomic E-state index is -0.191. The molecule has 0 aliphatic heterocycles. The van der Waals surface area contributed by atoms with Crippen molar-refractivity contribution >= 4 is 0 Å². The Morgan fingerprint density at radius 3 is 2.89 bits per heavy atom. The lowest BCUT2D eigenvalue weighted by Crippen LogP contribution is -2.09. The van der Waals surface area contributed by atoms with E-state index >= 15 is 0 Å². The number of nitrogens with two attached hydrogens (primary N) is 1. The average molecular weight is 247 g/mol. The maximum absolute atomic E-state index is 5.84. The van der Waals surface area contributed by atoms with E-state index in [4.69, 9.17) is 15.0 Å². The summed E-state index contributed by atoms with van der Waals surface area (Å²) in [5.74, 6) is 1.93. The van der Waals surface area contributed by atoms with Crippen molar-refractivity contribution in [1.29, 1.82) is 0 Å². The topological polar surface area (TPSA) is 74.2 Å². The summed E-state index contributed by atoms with van der Waals surface area (Å²) in [5, 5.41) is 3.93. The minimum absolute atomic E-state index is 0.191. The van der Waals surface area contributed by atoms with Crippen LogP contribution in [0, 0.1) is 0 Å². The molecule has 18 heavy (non-hydrogen) atoms. The standard InChI is InChI=1S/C13H17N3O2/c1-3-10(14)13-15-12(16-18-13)8-9-6-4-5-7-11(9)17-2/h4-7,10H,3,8,14H2,1-2H3/t10-/m1/s1. The number of para-hydroxylation sites is 1. The summed E-state index contributed by atoms with van der Waals surface area (Å²) in [6.45, 7) is 1.98. The molecule has 0 amide bonds. The molecule has 0 aliphatic carbocycles. The SMILES string of the molecule is CC[C@@H](N)c1nc(Cc2ccccc2OC)no1. The summed E-state index contributed by atoms with van der Waals surface area (Å²) in [6, 6.07) is 7.58. The molecule has 0 radical (unpaired) electrons. The molecule has 0 aliphatic rings. The molecule has 96 valence electrons. The van der Waals surface area contributed by atoms with E-state index in [0.29, 0.717) is 18.1 Å². The number of aromatic nitrogens is 2. The second-order valence-corrected chi connectivity index (χ2v) is 4.05. The fourth-order valence-electron chi connectivity index (χ4n) is 1.68. The first-order valence-corrected chi connectivity index (χ1v) is 5.94. The molecule has 2 aromatic rings. The Kier molecular flexibility index (Phi) is 3.94. The monoisotopic (exact) mass is 247 g/mol. The van der Waals surface area contributed by atoms with Crippen LogP contribution >= 0.6 is 0 Å². The van der Waals surface area contributed by atoms with Gasteiger partial charge in [-0.15, -0.1) is 0 Å². The highest BCUT2D eigenvalue weighted by molar-refractivity contribution is 5.35. The third kappa shape index (κ3) is 2.68. The van der Waals surface area contributed by atoms with E-state index in [1.54, 1.807) is 7.11 Å². The maximum atomic E-state index is 5.84. The second-order valence-electron chi connectivity index (χ2n) is 4.05. The van der Waals surface area contributed by atoms with Gasteiger partial charge >= 0.3 is 0 Å². The normalized spacial score (nSPS) is 12.4. The van der Waals surface area contributed by atoms with Crippen molar-refractivity contribution in [3.63, 3.8) is 0 Å². The van der Waals surface area contributed by atoms with Crippen LogP contribution < -0.4 is 10.5 Å². The van der Waals surface area contributed by atoms with E-state index in [1.807, 2.05) is 31.2 Å². The zero-order valence-corrected chi connectivity index (χ0v) is 10.6. The first-order valence-electron chi connectivity index (χ1n) is 5.94. The van der Waals surface area contributed by atoms with Gasteiger partial charge in [-0.3, -0.25) is 0 Å². The van der Waals surface area contributed by atoms with Gasteiger partial charge in [0.15, 0.2) is 5.82 Å². The zero-order chi connectivity index (χ0) is 13.0. The Morgan fingerprint density at radius 1 is 1.39 bits per heavy atom. The van der Waals surface area contributed by atoms with Crippen LogP contribution in [0.25, 0.3) is 0 Å². The molecule has 0 unspecified atom stereocenters. The van der Waals surface area contributed by atoms with Crippen LogP contribution in [0.4, 0.5) is 0 Å². The van der Waals surface area contributed by atoms with Crippen molar-refractivity contribution in [2.24, 2.45) is 5.73 Å². The van der Waals surface area contributed by atoms with Gasteiger partial charge in [0, 0.05) is 12.0 Å². The molecular formula is C13H17N3O2. The third-order valence-electron chi connectivity index (χ3n) is 2.78. The van der Waals surface area contributed by atoms with E-state index in [-0.39, 0.29) is 6.04 Å². The Balaban J connectivity index is 2.16. The highest BCUT2D eigenvalue weighted by atomic mass is 16.5. The average Bonchev–Trinajstić information content (AvgIpc) is 2.87. The summed E-state index contributed by atoms with van der Waals surface area (Å²) in [6.07, 6.45) is 1.35. The van der Waals surface area contributed by atoms with Gasteiger partial charge in [0.1, 0.15) is 5.75 Å². The third-order valence-corrected chi connectivity index (χ3v) is 2.78. The number of hydrogen-bond acceptors (Lipinski definition) is 5. The van der Waals surface area contributed by atoms with Gasteiger partial charge in [0.2, 0.25) is 5.89 Å². The summed E-state index contributed by atoms with van der Waals surface area (Å²) in [7, 11) is 1.65. The van der Waals surface area contributed by atoms with Crippen molar-refractivity contribution in [2.45, 2.75) is 25.8 Å². The molecular weight excluding hydrogens is 230 g/mol. The van der Waals surface area contributed by atoms with Gasteiger partial charge < -0.3 is 15.0 Å². The van der Waals surface area contributed by atoms with Crippen LogP contribution in [-0.2, 0) is 6.42 Å². The predicted molar refractivity (Wildman–Crippen MR) is 67.3 cm³/mol. The van der Waals surface area contributed by atoms with Crippen LogP contribution in [0.15, 0.2) is 28.8 Å². The molecule has 0 saturated carbocycles.